The minimum absolute atomic E-state index is 0.0110. The molecule has 0 saturated carbocycles. The SMILES string of the molecule is COCCn1c(CCC(=O)[O-])ccc1-c1ccc(Cl)cc1. The van der Waals surface area contributed by atoms with Crippen molar-refractivity contribution in [3.63, 3.8) is 0 Å². The summed E-state index contributed by atoms with van der Waals surface area (Å²) in [5, 5.41) is 11.3. The number of carbonyl (C=O) groups excluding carboxylic acids is 1. The number of methoxy groups -OCH3 is 1. The van der Waals surface area contributed by atoms with Crippen molar-refractivity contribution in [2.24, 2.45) is 0 Å². The van der Waals surface area contributed by atoms with Gasteiger partial charge in [-0.25, -0.2) is 0 Å². The quantitative estimate of drug-likeness (QED) is 0.787. The molecule has 2 rings (SSSR count). The van der Waals surface area contributed by atoms with Crippen molar-refractivity contribution < 1.29 is 14.6 Å². The molecule has 0 radical (unpaired) electrons. The molecule has 112 valence electrons. The Morgan fingerprint density at radius 3 is 2.57 bits per heavy atom. The molecule has 4 nitrogen and oxygen atoms in total. The Hall–Kier alpha value is -1.78. The Bertz CT molecular complexity index is 604. The summed E-state index contributed by atoms with van der Waals surface area (Å²) in [6.45, 7) is 1.23. The van der Waals surface area contributed by atoms with Gasteiger partial charge in [0.25, 0.3) is 0 Å². The van der Waals surface area contributed by atoms with Gasteiger partial charge in [-0.3, -0.25) is 0 Å². The molecule has 1 aromatic heterocycles. The molecule has 1 aromatic carbocycles. The zero-order valence-corrected chi connectivity index (χ0v) is 12.6. The first kappa shape index (κ1) is 15.6. The number of hydrogen-bond acceptors (Lipinski definition) is 3. The average Bonchev–Trinajstić information content (AvgIpc) is 2.86. The van der Waals surface area contributed by atoms with E-state index in [1.165, 1.54) is 0 Å². The number of carboxylic acids is 1. The van der Waals surface area contributed by atoms with Crippen molar-refractivity contribution in [1.82, 2.24) is 4.57 Å². The second kappa shape index (κ2) is 7.29. The third-order valence-electron chi connectivity index (χ3n) is 3.32. The second-order valence-corrected chi connectivity index (χ2v) is 5.17. The summed E-state index contributed by atoms with van der Waals surface area (Å²) in [5.41, 5.74) is 3.02. The van der Waals surface area contributed by atoms with E-state index in [1.54, 1.807) is 7.11 Å². The van der Waals surface area contributed by atoms with Crippen LogP contribution in [0.3, 0.4) is 0 Å². The topological polar surface area (TPSA) is 54.3 Å². The zero-order valence-electron chi connectivity index (χ0n) is 11.8. The van der Waals surface area contributed by atoms with Crippen LogP contribution in [0.25, 0.3) is 11.3 Å². The van der Waals surface area contributed by atoms with Crippen LogP contribution in [0.1, 0.15) is 12.1 Å². The average molecular weight is 307 g/mol. The van der Waals surface area contributed by atoms with Crippen LogP contribution in [0.2, 0.25) is 5.02 Å². The van der Waals surface area contributed by atoms with Crippen molar-refractivity contribution in [3.05, 3.63) is 47.1 Å². The monoisotopic (exact) mass is 306 g/mol. The Morgan fingerprint density at radius 2 is 1.95 bits per heavy atom. The fourth-order valence-electron chi connectivity index (χ4n) is 2.28. The molecule has 1 heterocycles. The Morgan fingerprint density at radius 1 is 1.24 bits per heavy atom. The molecule has 2 aromatic rings. The van der Waals surface area contributed by atoms with E-state index in [2.05, 4.69) is 4.57 Å². The standard InChI is InChI=1S/C16H18ClNO3/c1-21-11-10-18-14(7-9-16(19)20)6-8-15(18)12-2-4-13(17)5-3-12/h2-6,8H,7,9-11H2,1H3,(H,19,20)/p-1. The van der Waals surface area contributed by atoms with Gasteiger partial charge in [-0.1, -0.05) is 23.7 Å². The zero-order chi connectivity index (χ0) is 15.2. The molecule has 0 aliphatic carbocycles. The van der Waals surface area contributed by atoms with Gasteiger partial charge in [0.1, 0.15) is 0 Å². The summed E-state index contributed by atoms with van der Waals surface area (Å²) < 4.78 is 7.21. The molecule has 0 N–H and O–H groups in total. The third kappa shape index (κ3) is 4.09. The number of nitrogens with zero attached hydrogens (tertiary/aromatic N) is 1. The van der Waals surface area contributed by atoms with Crippen molar-refractivity contribution >= 4 is 17.6 Å². The van der Waals surface area contributed by atoms with Crippen LogP contribution in [0.15, 0.2) is 36.4 Å². The summed E-state index contributed by atoms with van der Waals surface area (Å²) in [6.07, 6.45) is 0.455. The highest BCUT2D eigenvalue weighted by molar-refractivity contribution is 6.30. The molecule has 0 saturated heterocycles. The molecular weight excluding hydrogens is 290 g/mol. The molecule has 21 heavy (non-hydrogen) atoms. The Labute approximate surface area is 128 Å². The molecule has 0 bridgehead atoms. The van der Waals surface area contributed by atoms with Crippen molar-refractivity contribution in [1.29, 1.82) is 0 Å². The maximum absolute atomic E-state index is 10.7. The van der Waals surface area contributed by atoms with Crippen LogP contribution in [-0.4, -0.2) is 24.3 Å². The number of ether oxygens (including phenoxy) is 1. The Kier molecular flexibility index (Phi) is 5.42. The largest absolute Gasteiger partial charge is 0.550 e. The molecule has 0 atom stereocenters. The fourth-order valence-corrected chi connectivity index (χ4v) is 2.40. The predicted octanol–water partition coefficient (Wildman–Crippen LogP) is 2.14. The number of aliphatic carboxylic acids is 1. The molecule has 0 unspecified atom stereocenters. The number of aryl methyl sites for hydroxylation is 1. The second-order valence-electron chi connectivity index (χ2n) is 4.73. The summed E-state index contributed by atoms with van der Waals surface area (Å²) in [4.78, 5) is 10.7. The lowest BCUT2D eigenvalue weighted by Gasteiger charge is -2.14. The first-order chi connectivity index (χ1) is 10.1. The van der Waals surface area contributed by atoms with Crippen molar-refractivity contribution in [3.8, 4) is 11.3 Å². The predicted molar refractivity (Wildman–Crippen MR) is 80.1 cm³/mol. The summed E-state index contributed by atoms with van der Waals surface area (Å²) in [6, 6.07) is 11.5. The third-order valence-corrected chi connectivity index (χ3v) is 3.57. The molecule has 0 fully saturated rings. The van der Waals surface area contributed by atoms with Crippen LogP contribution < -0.4 is 5.11 Å². The normalized spacial score (nSPS) is 10.8. The van der Waals surface area contributed by atoms with Gasteiger partial charge < -0.3 is 19.2 Å². The molecule has 5 heteroatoms. The minimum atomic E-state index is -1.04. The van der Waals surface area contributed by atoms with Gasteiger partial charge in [-0.05, 0) is 42.7 Å². The van der Waals surface area contributed by atoms with Gasteiger partial charge in [0, 0.05) is 36.0 Å². The van der Waals surface area contributed by atoms with Gasteiger partial charge in [0.15, 0.2) is 0 Å². The number of carboxylic acid groups (broad SMARTS) is 1. The van der Waals surface area contributed by atoms with Crippen LogP contribution in [0.4, 0.5) is 0 Å². The maximum atomic E-state index is 10.7. The van der Waals surface area contributed by atoms with Gasteiger partial charge >= 0.3 is 0 Å². The smallest absolute Gasteiger partial charge is 0.0642 e. The van der Waals surface area contributed by atoms with E-state index in [-0.39, 0.29) is 6.42 Å². The van der Waals surface area contributed by atoms with E-state index in [4.69, 9.17) is 16.3 Å². The summed E-state index contributed by atoms with van der Waals surface area (Å²) in [7, 11) is 1.65. The molecule has 0 amide bonds. The van der Waals surface area contributed by atoms with E-state index < -0.39 is 5.97 Å². The summed E-state index contributed by atoms with van der Waals surface area (Å²) >= 11 is 5.91. The van der Waals surface area contributed by atoms with E-state index >= 15 is 0 Å². The van der Waals surface area contributed by atoms with Crippen molar-refractivity contribution in [2.75, 3.05) is 13.7 Å². The van der Waals surface area contributed by atoms with E-state index in [0.29, 0.717) is 24.6 Å². The number of hydrogen-bond donors (Lipinski definition) is 0. The number of halogens is 1. The fraction of sp³-hybridized carbons (Fsp3) is 0.312. The van der Waals surface area contributed by atoms with Crippen molar-refractivity contribution in [2.45, 2.75) is 19.4 Å². The van der Waals surface area contributed by atoms with Crippen LogP contribution in [0.5, 0.6) is 0 Å². The highest BCUT2D eigenvalue weighted by atomic mass is 35.5. The van der Waals surface area contributed by atoms with E-state index in [1.807, 2.05) is 36.4 Å². The van der Waals surface area contributed by atoms with Gasteiger partial charge in [-0.2, -0.15) is 0 Å². The highest BCUT2D eigenvalue weighted by Crippen LogP contribution is 2.25. The number of rotatable bonds is 7. The first-order valence-corrected chi connectivity index (χ1v) is 7.12. The van der Waals surface area contributed by atoms with Crippen LogP contribution in [0, 0.1) is 0 Å². The van der Waals surface area contributed by atoms with E-state index in [0.717, 1.165) is 17.0 Å². The molecule has 0 aliphatic heterocycles. The maximum Gasteiger partial charge on any atom is 0.0642 e. The van der Waals surface area contributed by atoms with Gasteiger partial charge in [-0.15, -0.1) is 0 Å². The lowest BCUT2D eigenvalue weighted by atomic mass is 10.1. The molecular formula is C16H17ClNO3-. The minimum Gasteiger partial charge on any atom is -0.550 e. The number of carbonyl (C=O) groups is 1. The molecule has 0 spiro atoms. The van der Waals surface area contributed by atoms with Crippen LogP contribution in [-0.2, 0) is 22.5 Å². The summed E-state index contributed by atoms with van der Waals surface area (Å²) in [5.74, 6) is -1.04. The Balaban J connectivity index is 2.31. The van der Waals surface area contributed by atoms with E-state index in [9.17, 15) is 9.90 Å². The highest BCUT2D eigenvalue weighted by Gasteiger charge is 2.10. The van der Waals surface area contributed by atoms with Gasteiger partial charge in [0.2, 0.25) is 0 Å². The lowest BCUT2D eigenvalue weighted by Crippen LogP contribution is -2.23. The molecule has 0 aliphatic rings. The number of aromatic nitrogens is 1. The van der Waals surface area contributed by atoms with Crippen LogP contribution >= 0.6 is 11.6 Å². The number of benzene rings is 1. The lowest BCUT2D eigenvalue weighted by molar-refractivity contribution is -0.305. The van der Waals surface area contributed by atoms with Gasteiger partial charge in [0.05, 0.1) is 6.61 Å². The first-order valence-electron chi connectivity index (χ1n) is 6.75.